The first kappa shape index (κ1) is 27.9. The van der Waals surface area contributed by atoms with Gasteiger partial charge in [-0.25, -0.2) is 14.6 Å². The highest BCUT2D eigenvalue weighted by atomic mass is 32.1. The summed E-state index contributed by atoms with van der Waals surface area (Å²) in [7, 11) is 0. The maximum Gasteiger partial charge on any atom is 0.336 e. The monoisotopic (exact) mass is 547 g/mol. The van der Waals surface area contributed by atoms with Gasteiger partial charge in [-0.15, -0.1) is 11.3 Å². The molecule has 2 aromatic carbocycles. The Hall–Kier alpha value is -4.11. The molecule has 0 aliphatic carbocycles. The Bertz CT molecular complexity index is 1370. The van der Waals surface area contributed by atoms with E-state index in [1.54, 1.807) is 13.8 Å². The maximum absolute atomic E-state index is 13.2. The van der Waals surface area contributed by atoms with Gasteiger partial charge in [-0.2, -0.15) is 0 Å². The van der Waals surface area contributed by atoms with Gasteiger partial charge in [0.15, 0.2) is 5.13 Å². The highest BCUT2D eigenvalue weighted by molar-refractivity contribution is 7.14. The molecule has 1 aliphatic heterocycles. The van der Waals surface area contributed by atoms with E-state index in [1.807, 2.05) is 74.7 Å². The summed E-state index contributed by atoms with van der Waals surface area (Å²) in [5.74, 6) is -0.849. The molecule has 39 heavy (non-hydrogen) atoms. The lowest BCUT2D eigenvalue weighted by Crippen LogP contribution is -2.32. The number of carbonyl (C=O) groups is 2. The van der Waals surface area contributed by atoms with Crippen molar-refractivity contribution in [2.75, 3.05) is 25.1 Å². The fourth-order valence-corrected chi connectivity index (χ4v) is 5.33. The average molecular weight is 548 g/mol. The van der Waals surface area contributed by atoms with Crippen LogP contribution in [0.5, 0.6) is 5.75 Å². The lowest BCUT2D eigenvalue weighted by molar-refractivity contribution is -0.139. The van der Waals surface area contributed by atoms with Crippen molar-refractivity contribution >= 4 is 34.1 Å². The second kappa shape index (κ2) is 12.6. The topological polar surface area (TPSA) is 98.8 Å². The van der Waals surface area contributed by atoms with Crippen molar-refractivity contribution in [3.8, 4) is 17.0 Å². The Labute approximate surface area is 232 Å². The third-order valence-corrected chi connectivity index (χ3v) is 6.99. The number of para-hydroxylation sites is 1. The molecule has 1 aliphatic rings. The molecule has 1 aromatic heterocycles. The van der Waals surface area contributed by atoms with E-state index in [0.717, 1.165) is 28.3 Å². The molecule has 0 bridgehead atoms. The van der Waals surface area contributed by atoms with Gasteiger partial charge in [-0.05, 0) is 70.5 Å². The summed E-state index contributed by atoms with van der Waals surface area (Å²) in [4.78, 5) is 31.2. The van der Waals surface area contributed by atoms with Crippen LogP contribution in [0.2, 0.25) is 0 Å². The van der Waals surface area contributed by atoms with Crippen LogP contribution in [-0.4, -0.2) is 36.7 Å². The predicted octanol–water partition coefficient (Wildman–Crippen LogP) is 6.31. The average Bonchev–Trinajstić information content (AvgIpc) is 3.38. The minimum absolute atomic E-state index is 0.215. The Balaban J connectivity index is 1.73. The Kier molecular flexibility index (Phi) is 9.03. The molecule has 0 atom stereocenters. The molecule has 0 radical (unpaired) electrons. The van der Waals surface area contributed by atoms with Crippen molar-refractivity contribution in [3.63, 3.8) is 0 Å². The number of hydrogen-bond donors (Lipinski definition) is 2. The van der Waals surface area contributed by atoms with Crippen molar-refractivity contribution in [1.29, 1.82) is 0 Å². The molecule has 2 N–H and O–H groups in total. The van der Waals surface area contributed by atoms with E-state index in [-0.39, 0.29) is 13.2 Å². The number of hydrogen-bond acceptors (Lipinski definition) is 9. The molecule has 0 saturated heterocycles. The van der Waals surface area contributed by atoms with E-state index in [4.69, 9.17) is 19.2 Å². The van der Waals surface area contributed by atoms with Gasteiger partial charge in [0.2, 0.25) is 0 Å². The molecule has 2 heterocycles. The number of aromatic nitrogens is 1. The van der Waals surface area contributed by atoms with Gasteiger partial charge >= 0.3 is 11.9 Å². The van der Waals surface area contributed by atoms with Gasteiger partial charge in [0.05, 0.1) is 42.6 Å². The summed E-state index contributed by atoms with van der Waals surface area (Å²) in [6.45, 7) is 10.1. The van der Waals surface area contributed by atoms with E-state index >= 15 is 0 Å². The molecule has 9 heteroatoms. The fraction of sp³-hybridized carbons (Fsp3) is 0.300. The van der Waals surface area contributed by atoms with Crippen molar-refractivity contribution in [2.24, 2.45) is 0 Å². The number of dihydropyridines is 1. The van der Waals surface area contributed by atoms with Crippen LogP contribution in [0, 0.1) is 0 Å². The SMILES string of the molecule is CCOC(=O)C1=C(C)NC(C)=C(C(=O)OCC)C1c1ccccc1Nc1nc(-c2ccc(OCC)cc2)cs1. The summed E-state index contributed by atoms with van der Waals surface area (Å²) in [5.41, 5.74) is 5.26. The molecule has 8 nitrogen and oxygen atoms in total. The number of rotatable bonds is 10. The third kappa shape index (κ3) is 6.15. The van der Waals surface area contributed by atoms with E-state index < -0.39 is 17.9 Å². The first-order valence-electron chi connectivity index (χ1n) is 12.9. The second-order valence-electron chi connectivity index (χ2n) is 8.78. The number of carbonyl (C=O) groups excluding carboxylic acids is 2. The molecular weight excluding hydrogens is 514 g/mol. The van der Waals surface area contributed by atoms with E-state index in [1.165, 1.54) is 11.3 Å². The summed E-state index contributed by atoms with van der Waals surface area (Å²) in [5, 5.41) is 9.25. The smallest absolute Gasteiger partial charge is 0.336 e. The van der Waals surface area contributed by atoms with Gasteiger partial charge in [-0.3, -0.25) is 0 Å². The van der Waals surface area contributed by atoms with Crippen molar-refractivity contribution < 1.29 is 23.8 Å². The van der Waals surface area contributed by atoms with Crippen LogP contribution in [0.1, 0.15) is 46.1 Å². The molecule has 204 valence electrons. The van der Waals surface area contributed by atoms with Gasteiger partial charge in [0.1, 0.15) is 5.75 Å². The lowest BCUT2D eigenvalue weighted by atomic mass is 9.79. The number of anilines is 2. The normalized spacial score (nSPS) is 13.7. The summed E-state index contributed by atoms with van der Waals surface area (Å²) in [6, 6.07) is 15.4. The zero-order chi connectivity index (χ0) is 27.9. The number of esters is 2. The van der Waals surface area contributed by atoms with Gasteiger partial charge in [0, 0.05) is 28.0 Å². The number of ether oxygens (including phenoxy) is 3. The first-order valence-corrected chi connectivity index (χ1v) is 13.8. The maximum atomic E-state index is 13.2. The fourth-order valence-electron chi connectivity index (χ4n) is 4.59. The highest BCUT2D eigenvalue weighted by Crippen LogP contribution is 2.43. The van der Waals surface area contributed by atoms with Crippen LogP contribution in [0.25, 0.3) is 11.3 Å². The van der Waals surface area contributed by atoms with Crippen LogP contribution in [0.4, 0.5) is 10.8 Å². The van der Waals surface area contributed by atoms with Crippen LogP contribution < -0.4 is 15.4 Å². The Morgan fingerprint density at radius 3 is 2.10 bits per heavy atom. The standard InChI is InChI=1S/C30H33N3O5S/c1-6-36-21-15-13-20(14-16-21)24-17-39-30(33-24)32-23-12-10-9-11-22(23)27-25(28(34)37-7-2)18(4)31-19(5)26(27)29(35)38-8-3/h9-17,27,31H,6-8H2,1-5H3,(H,32,33). The van der Waals surface area contributed by atoms with Crippen molar-refractivity contribution in [3.05, 3.63) is 82.0 Å². The van der Waals surface area contributed by atoms with Crippen LogP contribution in [-0.2, 0) is 19.1 Å². The molecule has 4 rings (SSSR count). The largest absolute Gasteiger partial charge is 0.494 e. The predicted molar refractivity (Wildman–Crippen MR) is 153 cm³/mol. The quantitative estimate of drug-likeness (QED) is 0.285. The lowest BCUT2D eigenvalue weighted by Gasteiger charge is -2.31. The summed E-state index contributed by atoms with van der Waals surface area (Å²) < 4.78 is 16.4. The Morgan fingerprint density at radius 1 is 0.897 bits per heavy atom. The first-order chi connectivity index (χ1) is 18.9. The van der Waals surface area contributed by atoms with Crippen LogP contribution in [0.3, 0.4) is 0 Å². The minimum Gasteiger partial charge on any atom is -0.494 e. The number of nitrogens with one attached hydrogen (secondary N) is 2. The summed E-state index contributed by atoms with van der Waals surface area (Å²) >= 11 is 1.47. The zero-order valence-corrected chi connectivity index (χ0v) is 23.6. The van der Waals surface area contributed by atoms with E-state index in [0.29, 0.717) is 34.3 Å². The third-order valence-electron chi connectivity index (χ3n) is 6.23. The number of allylic oxidation sites excluding steroid dienone is 2. The molecule has 0 amide bonds. The molecule has 0 unspecified atom stereocenters. The number of nitrogens with zero attached hydrogens (tertiary/aromatic N) is 1. The molecule has 3 aromatic rings. The molecule has 0 saturated carbocycles. The molecular formula is C30H33N3O5S. The second-order valence-corrected chi connectivity index (χ2v) is 9.64. The number of thiazole rings is 1. The van der Waals surface area contributed by atoms with E-state index in [9.17, 15) is 9.59 Å². The van der Waals surface area contributed by atoms with Crippen LogP contribution >= 0.6 is 11.3 Å². The molecule has 0 fully saturated rings. The van der Waals surface area contributed by atoms with Crippen LogP contribution in [0.15, 0.2) is 76.5 Å². The van der Waals surface area contributed by atoms with Gasteiger partial charge < -0.3 is 24.8 Å². The van der Waals surface area contributed by atoms with E-state index in [2.05, 4.69) is 10.6 Å². The van der Waals surface area contributed by atoms with Gasteiger partial charge in [0.25, 0.3) is 0 Å². The summed E-state index contributed by atoms with van der Waals surface area (Å²) in [6.07, 6.45) is 0. The Morgan fingerprint density at radius 2 is 1.51 bits per heavy atom. The van der Waals surface area contributed by atoms with Gasteiger partial charge in [-0.1, -0.05) is 18.2 Å². The minimum atomic E-state index is -0.696. The molecule has 0 spiro atoms. The zero-order valence-electron chi connectivity index (χ0n) is 22.8. The number of benzene rings is 2. The van der Waals surface area contributed by atoms with Crippen molar-refractivity contribution in [2.45, 2.75) is 40.5 Å². The highest BCUT2D eigenvalue weighted by Gasteiger charge is 2.39. The van der Waals surface area contributed by atoms with Crippen molar-refractivity contribution in [1.82, 2.24) is 10.3 Å².